The number of aromatic nitrogens is 1. The van der Waals surface area contributed by atoms with Crippen LogP contribution in [0.3, 0.4) is 0 Å². The van der Waals surface area contributed by atoms with Crippen molar-refractivity contribution in [1.82, 2.24) is 4.98 Å². The molecule has 4 nitrogen and oxygen atoms in total. The summed E-state index contributed by atoms with van der Waals surface area (Å²) in [6.45, 7) is 0. The normalized spacial score (nSPS) is 10.1. The Balaban J connectivity index is 2.30. The van der Waals surface area contributed by atoms with Gasteiger partial charge in [-0.25, -0.2) is 0 Å². The molecule has 1 aromatic carbocycles. The molecule has 0 unspecified atom stereocenters. The number of halogens is 2. The van der Waals surface area contributed by atoms with Gasteiger partial charge in [0.1, 0.15) is 5.75 Å². The number of ether oxygens (including phenoxy) is 1. The Hall–Kier alpha value is -1.78. The van der Waals surface area contributed by atoms with Crippen LogP contribution in [0.5, 0.6) is 5.75 Å². The number of amides is 1. The smallest absolute Gasteiger partial charge is 0.259 e. The van der Waals surface area contributed by atoms with Crippen LogP contribution in [0.25, 0.3) is 0 Å². The van der Waals surface area contributed by atoms with Gasteiger partial charge < -0.3 is 10.1 Å². The number of nitrogens with zero attached hydrogens (tertiary/aromatic N) is 1. The average Bonchev–Trinajstić information content (AvgIpc) is 2.41. The van der Waals surface area contributed by atoms with Gasteiger partial charge in [0.05, 0.1) is 29.6 Å². The first-order chi connectivity index (χ1) is 9.11. The summed E-state index contributed by atoms with van der Waals surface area (Å²) in [5.41, 5.74) is 0.756. The number of nitrogens with one attached hydrogen (secondary N) is 1. The second-order valence-electron chi connectivity index (χ2n) is 3.65. The van der Waals surface area contributed by atoms with E-state index in [4.69, 9.17) is 27.9 Å². The lowest BCUT2D eigenvalue weighted by Gasteiger charge is -2.10. The molecule has 0 aliphatic rings. The van der Waals surface area contributed by atoms with Crippen molar-refractivity contribution in [2.45, 2.75) is 0 Å². The summed E-state index contributed by atoms with van der Waals surface area (Å²) in [6, 6.07) is 6.39. The highest BCUT2D eigenvalue weighted by Crippen LogP contribution is 2.25. The zero-order valence-electron chi connectivity index (χ0n) is 9.98. The fraction of sp³-hybridized carbons (Fsp3) is 0.0769. The van der Waals surface area contributed by atoms with E-state index in [1.807, 2.05) is 0 Å². The molecule has 98 valence electrons. The standard InChI is InChI=1S/C13H10Cl2N2O2/c1-19-12-3-2-8(14)6-9(12)13(18)17-11-7-16-5-4-10(11)15/h2-7H,1H3,(H,17,18). The zero-order chi connectivity index (χ0) is 13.8. The molecule has 0 aliphatic carbocycles. The van der Waals surface area contributed by atoms with E-state index in [2.05, 4.69) is 10.3 Å². The molecule has 0 aliphatic heterocycles. The quantitative estimate of drug-likeness (QED) is 0.940. The number of hydrogen-bond donors (Lipinski definition) is 1. The molecule has 1 aromatic heterocycles. The van der Waals surface area contributed by atoms with E-state index in [1.165, 1.54) is 25.6 Å². The van der Waals surface area contributed by atoms with Crippen molar-refractivity contribution < 1.29 is 9.53 Å². The van der Waals surface area contributed by atoms with E-state index in [0.717, 1.165) is 0 Å². The van der Waals surface area contributed by atoms with Crippen molar-refractivity contribution in [3.63, 3.8) is 0 Å². The number of methoxy groups -OCH3 is 1. The van der Waals surface area contributed by atoms with E-state index in [-0.39, 0.29) is 5.91 Å². The summed E-state index contributed by atoms with van der Waals surface area (Å²) in [4.78, 5) is 16.1. The van der Waals surface area contributed by atoms with Crippen molar-refractivity contribution >= 4 is 34.8 Å². The van der Waals surface area contributed by atoms with Gasteiger partial charge >= 0.3 is 0 Å². The third kappa shape index (κ3) is 3.16. The highest BCUT2D eigenvalue weighted by molar-refractivity contribution is 6.34. The minimum absolute atomic E-state index is 0.329. The minimum atomic E-state index is -0.366. The molecule has 6 heteroatoms. The number of pyridine rings is 1. The summed E-state index contributed by atoms with van der Waals surface area (Å²) in [6.07, 6.45) is 3.01. The van der Waals surface area contributed by atoms with Gasteiger partial charge in [0.25, 0.3) is 5.91 Å². The van der Waals surface area contributed by atoms with E-state index in [1.54, 1.807) is 18.2 Å². The Morgan fingerprint density at radius 1 is 1.32 bits per heavy atom. The van der Waals surface area contributed by atoms with Crippen LogP contribution in [-0.4, -0.2) is 18.0 Å². The number of rotatable bonds is 3. The maximum Gasteiger partial charge on any atom is 0.259 e. The maximum atomic E-state index is 12.2. The van der Waals surface area contributed by atoms with Gasteiger partial charge in [-0.2, -0.15) is 0 Å². The Kier molecular flexibility index (Phi) is 4.24. The summed E-state index contributed by atoms with van der Waals surface area (Å²) in [7, 11) is 1.48. The lowest BCUT2D eigenvalue weighted by atomic mass is 10.2. The van der Waals surface area contributed by atoms with Gasteiger partial charge in [0, 0.05) is 11.2 Å². The van der Waals surface area contributed by atoms with Crippen LogP contribution in [0.4, 0.5) is 5.69 Å². The third-order valence-electron chi connectivity index (χ3n) is 2.42. The molecule has 0 saturated carbocycles. The van der Waals surface area contributed by atoms with E-state index in [9.17, 15) is 4.79 Å². The molecular weight excluding hydrogens is 287 g/mol. The Labute approximate surface area is 120 Å². The number of anilines is 1. The fourth-order valence-electron chi connectivity index (χ4n) is 1.52. The lowest BCUT2D eigenvalue weighted by molar-refractivity contribution is 0.102. The number of benzene rings is 1. The van der Waals surface area contributed by atoms with Crippen LogP contribution in [0.2, 0.25) is 10.0 Å². The second kappa shape index (κ2) is 5.91. The number of carbonyl (C=O) groups is 1. The summed E-state index contributed by atoms with van der Waals surface area (Å²) >= 11 is 11.8. The van der Waals surface area contributed by atoms with Crippen molar-refractivity contribution in [2.24, 2.45) is 0 Å². The van der Waals surface area contributed by atoms with Crippen molar-refractivity contribution in [3.05, 3.63) is 52.3 Å². The number of carbonyl (C=O) groups excluding carboxylic acids is 1. The van der Waals surface area contributed by atoms with Gasteiger partial charge in [-0.3, -0.25) is 9.78 Å². The van der Waals surface area contributed by atoms with Gasteiger partial charge in [-0.1, -0.05) is 23.2 Å². The van der Waals surface area contributed by atoms with Gasteiger partial charge in [-0.05, 0) is 24.3 Å². The molecule has 0 radical (unpaired) electrons. The molecule has 0 atom stereocenters. The summed E-state index contributed by atoms with van der Waals surface area (Å²) in [5, 5.41) is 3.51. The Morgan fingerprint density at radius 2 is 2.11 bits per heavy atom. The van der Waals surface area contributed by atoms with Crippen LogP contribution in [0, 0.1) is 0 Å². The third-order valence-corrected chi connectivity index (χ3v) is 2.99. The van der Waals surface area contributed by atoms with E-state index in [0.29, 0.717) is 27.0 Å². The molecular formula is C13H10Cl2N2O2. The van der Waals surface area contributed by atoms with Gasteiger partial charge in [0.15, 0.2) is 0 Å². The monoisotopic (exact) mass is 296 g/mol. The van der Waals surface area contributed by atoms with Gasteiger partial charge in [0.2, 0.25) is 0 Å². The summed E-state index contributed by atoms with van der Waals surface area (Å²) < 4.78 is 5.12. The summed E-state index contributed by atoms with van der Waals surface area (Å²) in [5.74, 6) is 0.0659. The van der Waals surface area contributed by atoms with E-state index >= 15 is 0 Å². The van der Waals surface area contributed by atoms with Crippen molar-refractivity contribution in [2.75, 3.05) is 12.4 Å². The predicted octanol–water partition coefficient (Wildman–Crippen LogP) is 3.65. The second-order valence-corrected chi connectivity index (χ2v) is 4.50. The molecule has 0 fully saturated rings. The first-order valence-electron chi connectivity index (χ1n) is 5.36. The fourth-order valence-corrected chi connectivity index (χ4v) is 1.84. The largest absolute Gasteiger partial charge is 0.496 e. The molecule has 0 saturated heterocycles. The van der Waals surface area contributed by atoms with Crippen LogP contribution < -0.4 is 10.1 Å². The lowest BCUT2D eigenvalue weighted by Crippen LogP contribution is -2.13. The minimum Gasteiger partial charge on any atom is -0.496 e. The highest BCUT2D eigenvalue weighted by atomic mass is 35.5. The van der Waals surface area contributed by atoms with Crippen molar-refractivity contribution in [3.8, 4) is 5.75 Å². The molecule has 0 spiro atoms. The molecule has 1 N–H and O–H groups in total. The highest BCUT2D eigenvalue weighted by Gasteiger charge is 2.14. The average molecular weight is 297 g/mol. The molecule has 2 rings (SSSR count). The van der Waals surface area contributed by atoms with E-state index < -0.39 is 0 Å². The molecule has 2 aromatic rings. The van der Waals surface area contributed by atoms with Crippen LogP contribution in [-0.2, 0) is 0 Å². The first kappa shape index (κ1) is 13.6. The zero-order valence-corrected chi connectivity index (χ0v) is 11.5. The first-order valence-corrected chi connectivity index (χ1v) is 6.12. The van der Waals surface area contributed by atoms with Crippen LogP contribution >= 0.6 is 23.2 Å². The van der Waals surface area contributed by atoms with Crippen LogP contribution in [0.1, 0.15) is 10.4 Å². The Morgan fingerprint density at radius 3 is 2.79 bits per heavy atom. The maximum absolute atomic E-state index is 12.2. The van der Waals surface area contributed by atoms with Gasteiger partial charge in [-0.15, -0.1) is 0 Å². The van der Waals surface area contributed by atoms with Crippen LogP contribution in [0.15, 0.2) is 36.7 Å². The molecule has 19 heavy (non-hydrogen) atoms. The molecule has 1 heterocycles. The van der Waals surface area contributed by atoms with Crippen molar-refractivity contribution in [1.29, 1.82) is 0 Å². The molecule has 0 bridgehead atoms. The predicted molar refractivity (Wildman–Crippen MR) is 75.2 cm³/mol. The number of hydrogen-bond acceptors (Lipinski definition) is 3. The topological polar surface area (TPSA) is 51.2 Å². The molecule has 1 amide bonds. The SMILES string of the molecule is COc1ccc(Cl)cc1C(=O)Nc1cnccc1Cl. The Bertz CT molecular complexity index is 617.